The summed E-state index contributed by atoms with van der Waals surface area (Å²) >= 11 is 0. The van der Waals surface area contributed by atoms with Crippen LogP contribution in [0.4, 0.5) is 0 Å². The molecule has 0 amide bonds. The molecule has 1 aromatic rings. The Morgan fingerprint density at radius 2 is 1.30 bits per heavy atom. The number of phosphoric ester groups is 1. The van der Waals surface area contributed by atoms with Gasteiger partial charge in [-0.05, 0) is 24.3 Å². The summed E-state index contributed by atoms with van der Waals surface area (Å²) in [6.07, 6.45) is 0. The maximum absolute atomic E-state index is 11.4. The fourth-order valence-corrected chi connectivity index (χ4v) is 3.96. The molecule has 0 spiro atoms. The summed E-state index contributed by atoms with van der Waals surface area (Å²) < 4.78 is 44.1. The molecule has 0 heterocycles. The Morgan fingerprint density at radius 3 is 1.75 bits per heavy atom. The second kappa shape index (κ2) is 5.95. The number of phosphoric acid groups is 3. The average molecular weight is 350 g/mol. The third-order valence-electron chi connectivity index (χ3n) is 1.47. The molecule has 0 aliphatic rings. The number of hydrogen-bond donors (Lipinski definition) is 5. The molecule has 0 saturated heterocycles. The largest absolute Gasteiger partial charge is 0.536 e. The van der Waals surface area contributed by atoms with E-state index < -0.39 is 23.5 Å². The molecule has 0 radical (unpaired) electrons. The summed E-state index contributed by atoms with van der Waals surface area (Å²) in [6.45, 7) is 0. The number of phenolic OH excluding ortho intramolecular Hbond substituents is 1. The molecule has 0 aliphatic heterocycles. The van der Waals surface area contributed by atoms with Gasteiger partial charge in [-0.15, -0.1) is 0 Å². The standard InChI is InChI=1S/C6H9O11P3/c7-5-1-3-6(4-2-5)15-19(11,12)17-20(13,14)16-18(8,9)10/h1-4,7H,(H,11,12)(H,13,14)(H2,8,9,10). The summed E-state index contributed by atoms with van der Waals surface area (Å²) in [7, 11) is -16.2. The molecule has 0 saturated carbocycles. The highest BCUT2D eigenvalue weighted by atomic mass is 31.3. The molecule has 0 fully saturated rings. The Hall–Kier alpha value is -0.730. The van der Waals surface area contributed by atoms with Gasteiger partial charge in [-0.3, -0.25) is 4.89 Å². The topological polar surface area (TPSA) is 180 Å². The third-order valence-corrected chi connectivity index (χ3v) is 5.24. The molecule has 2 atom stereocenters. The van der Waals surface area contributed by atoms with E-state index in [1.807, 2.05) is 0 Å². The van der Waals surface area contributed by atoms with Gasteiger partial charge in [0, 0.05) is 0 Å². The van der Waals surface area contributed by atoms with E-state index in [0.717, 1.165) is 24.3 Å². The summed E-state index contributed by atoms with van der Waals surface area (Å²) in [4.78, 5) is 34.6. The fraction of sp³-hybridized carbons (Fsp3) is 0. The zero-order valence-electron chi connectivity index (χ0n) is 9.34. The summed E-state index contributed by atoms with van der Waals surface area (Å²) in [5.41, 5.74) is 0. The number of rotatable bonds is 6. The first-order valence-corrected chi connectivity index (χ1v) is 9.03. The van der Waals surface area contributed by atoms with Gasteiger partial charge in [0.05, 0.1) is 0 Å². The summed E-state index contributed by atoms with van der Waals surface area (Å²) in [5.74, 6) is -0.492. The Kier molecular flexibility index (Phi) is 5.15. The van der Waals surface area contributed by atoms with Gasteiger partial charge in [0.15, 0.2) is 0 Å². The van der Waals surface area contributed by atoms with E-state index in [2.05, 4.69) is 13.1 Å². The minimum Gasteiger partial charge on any atom is -0.508 e. The summed E-state index contributed by atoms with van der Waals surface area (Å²) in [5, 5.41) is 8.96. The van der Waals surface area contributed by atoms with Crippen molar-refractivity contribution in [3.05, 3.63) is 24.3 Å². The Bertz CT molecular complexity index is 603. The van der Waals surface area contributed by atoms with Gasteiger partial charge >= 0.3 is 23.5 Å². The Labute approximate surface area is 111 Å². The minimum atomic E-state index is -5.53. The van der Waals surface area contributed by atoms with Crippen LogP contribution in [0.25, 0.3) is 0 Å². The molecule has 114 valence electrons. The van der Waals surface area contributed by atoms with Gasteiger partial charge in [-0.1, -0.05) is 0 Å². The number of hydrogen-bond acceptors (Lipinski definition) is 7. The van der Waals surface area contributed by atoms with E-state index in [1.165, 1.54) is 0 Å². The van der Waals surface area contributed by atoms with Crippen molar-refractivity contribution < 1.29 is 51.5 Å². The van der Waals surface area contributed by atoms with Crippen molar-refractivity contribution >= 4 is 23.5 Å². The molecule has 14 heteroatoms. The molecule has 2 unspecified atom stereocenters. The predicted molar refractivity (Wildman–Crippen MR) is 62.6 cm³/mol. The van der Waals surface area contributed by atoms with E-state index in [0.29, 0.717) is 0 Å². The SMILES string of the molecule is O=P(O)(O)OP(=O)(O)OP(=O)(O)Oc1ccc(O)cc1. The number of phenols is 1. The van der Waals surface area contributed by atoms with Crippen LogP contribution in [0.3, 0.4) is 0 Å². The van der Waals surface area contributed by atoms with Crippen molar-refractivity contribution in [3.63, 3.8) is 0 Å². The van der Waals surface area contributed by atoms with Crippen molar-refractivity contribution in [1.29, 1.82) is 0 Å². The molecule has 0 aromatic heterocycles. The molecule has 1 aromatic carbocycles. The zero-order chi connectivity index (χ0) is 15.6. The van der Waals surface area contributed by atoms with Crippen LogP contribution in [0, 0.1) is 0 Å². The summed E-state index contributed by atoms with van der Waals surface area (Å²) in [6, 6.07) is 4.24. The van der Waals surface area contributed by atoms with Gasteiger partial charge in [0.2, 0.25) is 0 Å². The molecule has 0 aliphatic carbocycles. The van der Waals surface area contributed by atoms with Gasteiger partial charge in [-0.2, -0.15) is 8.62 Å². The molecular weight excluding hydrogens is 341 g/mol. The highest BCUT2D eigenvalue weighted by Crippen LogP contribution is 2.66. The van der Waals surface area contributed by atoms with E-state index in [9.17, 15) is 13.7 Å². The van der Waals surface area contributed by atoms with Crippen LogP contribution in [-0.2, 0) is 22.3 Å². The van der Waals surface area contributed by atoms with Crippen molar-refractivity contribution in [3.8, 4) is 11.5 Å². The van der Waals surface area contributed by atoms with Crippen LogP contribution >= 0.6 is 23.5 Å². The van der Waals surface area contributed by atoms with Crippen molar-refractivity contribution in [2.24, 2.45) is 0 Å². The fourth-order valence-electron chi connectivity index (χ4n) is 0.937. The number of benzene rings is 1. The molecule has 0 bridgehead atoms. The monoisotopic (exact) mass is 350 g/mol. The first kappa shape index (κ1) is 17.3. The second-order valence-electron chi connectivity index (χ2n) is 3.18. The quantitative estimate of drug-likeness (QED) is 0.463. The predicted octanol–water partition coefficient (Wildman–Crippen LogP) is 1.10. The van der Waals surface area contributed by atoms with Gasteiger partial charge in [-0.25, -0.2) is 13.7 Å². The van der Waals surface area contributed by atoms with Gasteiger partial charge in [0.25, 0.3) is 0 Å². The van der Waals surface area contributed by atoms with Gasteiger partial charge < -0.3 is 24.3 Å². The molecular formula is C6H9O11P3. The first-order chi connectivity index (χ1) is 8.89. The van der Waals surface area contributed by atoms with Crippen LogP contribution < -0.4 is 4.52 Å². The highest BCUT2D eigenvalue weighted by molar-refractivity contribution is 7.66. The first-order valence-electron chi connectivity index (χ1n) is 4.51. The average Bonchev–Trinajstić information content (AvgIpc) is 2.15. The lowest BCUT2D eigenvalue weighted by Gasteiger charge is -2.16. The van der Waals surface area contributed by atoms with Crippen molar-refractivity contribution in [2.75, 3.05) is 0 Å². The molecule has 20 heavy (non-hydrogen) atoms. The van der Waals surface area contributed by atoms with Crippen molar-refractivity contribution in [2.45, 2.75) is 0 Å². The maximum Gasteiger partial charge on any atom is 0.536 e. The van der Waals surface area contributed by atoms with Crippen LogP contribution in [0.5, 0.6) is 11.5 Å². The smallest absolute Gasteiger partial charge is 0.508 e. The normalized spacial score (nSPS) is 18.0. The lowest BCUT2D eigenvalue weighted by Crippen LogP contribution is -1.98. The highest BCUT2D eigenvalue weighted by Gasteiger charge is 2.41. The Morgan fingerprint density at radius 1 is 0.800 bits per heavy atom. The molecule has 11 nitrogen and oxygen atoms in total. The lowest BCUT2D eigenvalue weighted by atomic mass is 10.3. The minimum absolute atomic E-state index is 0.177. The van der Waals surface area contributed by atoms with E-state index >= 15 is 0 Å². The van der Waals surface area contributed by atoms with Crippen molar-refractivity contribution in [1.82, 2.24) is 0 Å². The van der Waals surface area contributed by atoms with Crippen LogP contribution in [0.1, 0.15) is 0 Å². The number of aromatic hydroxyl groups is 1. The Balaban J connectivity index is 2.79. The van der Waals surface area contributed by atoms with Crippen LogP contribution in [0.2, 0.25) is 0 Å². The van der Waals surface area contributed by atoms with Crippen LogP contribution in [0.15, 0.2) is 24.3 Å². The molecule has 1 rings (SSSR count). The molecule has 5 N–H and O–H groups in total. The lowest BCUT2D eigenvalue weighted by molar-refractivity contribution is 0.207. The van der Waals surface area contributed by atoms with E-state index in [1.54, 1.807) is 0 Å². The third kappa shape index (κ3) is 6.62. The maximum atomic E-state index is 11.4. The van der Waals surface area contributed by atoms with Gasteiger partial charge in [0.1, 0.15) is 11.5 Å². The van der Waals surface area contributed by atoms with E-state index in [-0.39, 0.29) is 11.5 Å². The van der Waals surface area contributed by atoms with Crippen LogP contribution in [-0.4, -0.2) is 24.7 Å². The zero-order valence-corrected chi connectivity index (χ0v) is 12.0. The van der Waals surface area contributed by atoms with E-state index in [4.69, 9.17) is 24.7 Å². The second-order valence-corrected chi connectivity index (χ2v) is 7.52.